The first-order chi connectivity index (χ1) is 5.91. The van der Waals surface area contributed by atoms with Crippen LogP contribution in [0, 0.1) is 0 Å². The fourth-order valence-electron chi connectivity index (χ4n) is 1.56. The van der Waals surface area contributed by atoms with Crippen molar-refractivity contribution < 1.29 is 0 Å². The highest BCUT2D eigenvalue weighted by Crippen LogP contribution is 2.01. The Kier molecular flexibility index (Phi) is 11.8. The van der Waals surface area contributed by atoms with Crippen LogP contribution >= 0.6 is 0 Å². The molecule has 0 aromatic rings. The highest BCUT2D eigenvalue weighted by atomic mass is 29.1. The molecule has 0 aliphatic heterocycles. The molecule has 0 fully saturated rings. The van der Waals surface area contributed by atoms with E-state index < -0.39 is 0 Å². The van der Waals surface area contributed by atoms with Crippen LogP contribution in [0.4, 0.5) is 0 Å². The van der Waals surface area contributed by atoms with Gasteiger partial charge in [-0.15, -0.1) is 0 Å². The minimum Gasteiger partial charge on any atom is -0.0654 e. The van der Waals surface area contributed by atoms with Gasteiger partial charge < -0.3 is 0 Å². The maximum atomic E-state index is 2.31. The molecule has 0 rings (SSSR count). The summed E-state index contributed by atoms with van der Waals surface area (Å²) in [5.74, 6) is 0. The quantitative estimate of drug-likeness (QED) is 0.398. The Morgan fingerprint density at radius 1 is 0.667 bits per heavy atom. The van der Waals surface area contributed by atoms with Crippen molar-refractivity contribution in [3.63, 3.8) is 0 Å². The van der Waals surface area contributed by atoms with Crippen LogP contribution in [0.1, 0.15) is 52.4 Å². The van der Waals surface area contributed by atoms with Crippen molar-refractivity contribution in [2.75, 3.05) is 0 Å². The first-order valence-corrected chi connectivity index (χ1v) is 11.9. The van der Waals surface area contributed by atoms with Crippen LogP contribution in [0.25, 0.3) is 0 Å². The van der Waals surface area contributed by atoms with E-state index in [1.165, 1.54) is 25.7 Å². The van der Waals surface area contributed by atoms with Gasteiger partial charge in [-0.05, 0) is 0 Å². The van der Waals surface area contributed by atoms with E-state index in [2.05, 4.69) is 13.8 Å². The maximum absolute atomic E-state index is 2.31. The second-order valence-electron chi connectivity index (χ2n) is 3.83. The number of rotatable bonds is 9. The van der Waals surface area contributed by atoms with Crippen molar-refractivity contribution in [1.82, 2.24) is 0 Å². The van der Waals surface area contributed by atoms with E-state index in [1.807, 2.05) is 0 Å². The molecule has 0 aliphatic carbocycles. The van der Waals surface area contributed by atoms with Crippen LogP contribution in [0.2, 0.25) is 12.1 Å². The Balaban J connectivity index is 2.73. The van der Waals surface area contributed by atoms with Crippen molar-refractivity contribution in [2.24, 2.45) is 0 Å². The van der Waals surface area contributed by atoms with Gasteiger partial charge in [-0.2, -0.15) is 0 Å². The summed E-state index contributed by atoms with van der Waals surface area (Å²) < 4.78 is 0. The number of hydrogen-bond acceptors (Lipinski definition) is 0. The summed E-state index contributed by atoms with van der Waals surface area (Å²) in [6.45, 7) is 4.61. The first-order valence-electron chi connectivity index (χ1n) is 5.91. The summed E-state index contributed by atoms with van der Waals surface area (Å²) in [6, 6.07) is 3.35. The molecule has 74 valence electrons. The Morgan fingerprint density at radius 3 is 1.42 bits per heavy atom. The van der Waals surface area contributed by atoms with Crippen LogP contribution in [0.5, 0.6) is 0 Å². The molecular weight excluding hydrogens is 176 g/mol. The fourth-order valence-corrected chi connectivity index (χ4v) is 7.92. The average molecular weight is 202 g/mol. The summed E-state index contributed by atoms with van der Waals surface area (Å²) >= 11 is 0. The molecule has 12 heavy (non-hydrogen) atoms. The molecule has 0 aromatic carbocycles. The first kappa shape index (κ1) is 12.4. The predicted molar refractivity (Wildman–Crippen MR) is 65.8 cm³/mol. The summed E-state index contributed by atoms with van der Waals surface area (Å²) in [7, 11) is 1.00. The van der Waals surface area contributed by atoms with E-state index in [0.29, 0.717) is 18.1 Å². The summed E-state index contributed by atoms with van der Waals surface area (Å²) in [6.07, 6.45) is 8.93. The summed E-state index contributed by atoms with van der Waals surface area (Å²) in [5, 5.41) is 0. The van der Waals surface area contributed by atoms with Crippen LogP contribution in [-0.2, 0) is 0 Å². The lowest BCUT2D eigenvalue weighted by Crippen LogP contribution is -2.02. The maximum Gasteiger partial charge on any atom is 0.00797 e. The van der Waals surface area contributed by atoms with E-state index >= 15 is 0 Å². The van der Waals surface area contributed by atoms with Crippen molar-refractivity contribution >= 4 is 18.1 Å². The van der Waals surface area contributed by atoms with Crippen LogP contribution < -0.4 is 0 Å². The third kappa shape index (κ3) is 10.4. The predicted octanol–water partition coefficient (Wildman–Crippen LogP) is 2.46. The lowest BCUT2D eigenvalue weighted by atomic mass is 10.3. The highest BCUT2D eigenvalue weighted by Gasteiger charge is 1.91. The Morgan fingerprint density at radius 2 is 1.08 bits per heavy atom. The Hall–Kier alpha value is 0.434. The van der Waals surface area contributed by atoms with E-state index in [0.717, 1.165) is 0 Å². The fraction of sp³-hybridized carbons (Fsp3) is 1.00. The molecule has 0 heterocycles. The van der Waals surface area contributed by atoms with E-state index in [-0.39, 0.29) is 0 Å². The zero-order valence-corrected chi connectivity index (χ0v) is 11.9. The lowest BCUT2D eigenvalue weighted by molar-refractivity contribution is 0.766. The molecule has 0 spiro atoms. The zero-order valence-electron chi connectivity index (χ0n) is 9.07. The second-order valence-corrected chi connectivity index (χ2v) is 10.9. The minimum atomic E-state index is 0.502. The average Bonchev–Trinajstić information content (AvgIpc) is 2.10. The molecule has 0 saturated carbocycles. The zero-order chi connectivity index (χ0) is 9.07. The van der Waals surface area contributed by atoms with Gasteiger partial charge in [0.25, 0.3) is 0 Å². The minimum absolute atomic E-state index is 0.502. The molecular formula is C10H26Si2. The van der Waals surface area contributed by atoms with E-state index in [9.17, 15) is 0 Å². The Bertz CT molecular complexity index is 64.2. The van der Waals surface area contributed by atoms with Gasteiger partial charge in [-0.25, -0.2) is 0 Å². The van der Waals surface area contributed by atoms with E-state index in [4.69, 9.17) is 0 Å². The van der Waals surface area contributed by atoms with Gasteiger partial charge in [-0.1, -0.05) is 64.5 Å². The molecule has 0 aliphatic rings. The molecule has 2 heteroatoms. The molecule has 0 saturated heterocycles. The summed E-state index contributed by atoms with van der Waals surface area (Å²) in [4.78, 5) is 0. The van der Waals surface area contributed by atoms with Crippen molar-refractivity contribution in [3.05, 3.63) is 0 Å². The summed E-state index contributed by atoms with van der Waals surface area (Å²) in [5.41, 5.74) is 0. The molecule has 0 unspecified atom stereocenters. The number of hydrogen-bond donors (Lipinski definition) is 0. The molecule has 0 radical (unpaired) electrons. The third-order valence-electron chi connectivity index (χ3n) is 2.46. The van der Waals surface area contributed by atoms with Gasteiger partial charge >= 0.3 is 0 Å². The van der Waals surface area contributed by atoms with Crippen LogP contribution in [0.15, 0.2) is 0 Å². The largest absolute Gasteiger partial charge is 0.0654 e. The van der Waals surface area contributed by atoms with Gasteiger partial charge in [-0.3, -0.25) is 0 Å². The molecule has 0 atom stereocenters. The molecule has 0 aromatic heterocycles. The van der Waals surface area contributed by atoms with E-state index in [1.54, 1.807) is 24.9 Å². The lowest BCUT2D eigenvalue weighted by Gasteiger charge is -1.98. The van der Waals surface area contributed by atoms with Crippen molar-refractivity contribution in [1.29, 1.82) is 0 Å². The topological polar surface area (TPSA) is 0 Å². The second kappa shape index (κ2) is 11.4. The van der Waals surface area contributed by atoms with Gasteiger partial charge in [0.1, 0.15) is 0 Å². The van der Waals surface area contributed by atoms with Gasteiger partial charge in [0.2, 0.25) is 0 Å². The molecule has 0 amide bonds. The third-order valence-corrected chi connectivity index (χ3v) is 9.46. The Labute approximate surface area is 83.0 Å². The standard InChI is InChI=1S/C10H26Si2/c1-3-5-7-9-11-12-10-8-6-4-2/h3-12H2,1-2H3. The SMILES string of the molecule is CCCCC[SiH2][SiH2]CCCCC. The monoisotopic (exact) mass is 202 g/mol. The van der Waals surface area contributed by atoms with Crippen LogP contribution in [-0.4, -0.2) is 18.1 Å². The van der Waals surface area contributed by atoms with Crippen molar-refractivity contribution in [2.45, 2.75) is 64.5 Å². The van der Waals surface area contributed by atoms with Gasteiger partial charge in [0, 0.05) is 18.1 Å². The van der Waals surface area contributed by atoms with Crippen LogP contribution in [0.3, 0.4) is 0 Å². The molecule has 0 N–H and O–H groups in total. The molecule has 0 bridgehead atoms. The smallest absolute Gasteiger partial charge is 0.00797 e. The van der Waals surface area contributed by atoms with Gasteiger partial charge in [0.05, 0.1) is 0 Å². The molecule has 0 nitrogen and oxygen atoms in total. The highest BCUT2D eigenvalue weighted by molar-refractivity contribution is 7.00. The normalized spacial score (nSPS) is 12.5. The van der Waals surface area contributed by atoms with Crippen molar-refractivity contribution in [3.8, 4) is 0 Å². The van der Waals surface area contributed by atoms with Gasteiger partial charge in [0.15, 0.2) is 0 Å². The number of unbranched alkanes of at least 4 members (excludes halogenated alkanes) is 4.